The summed E-state index contributed by atoms with van der Waals surface area (Å²) in [6, 6.07) is 9.52. The standard InChI is InChI=1S/C15H21N3O2.ClH/c1-11-9-13(7-8-16-11)18-14(19)10-17-15(20)12-5-3-2-4-6-12;/h2-6,11,13,16H,7-10H2,1H3,(H,17,20)(H,18,19);1H. The first-order valence-corrected chi connectivity index (χ1v) is 7.01. The third-order valence-electron chi connectivity index (χ3n) is 3.43. The molecule has 116 valence electrons. The highest BCUT2D eigenvalue weighted by atomic mass is 35.5. The van der Waals surface area contributed by atoms with E-state index in [-0.39, 0.29) is 36.8 Å². The Hall–Kier alpha value is -1.59. The van der Waals surface area contributed by atoms with Crippen molar-refractivity contribution in [1.29, 1.82) is 0 Å². The third kappa shape index (κ3) is 5.73. The van der Waals surface area contributed by atoms with Crippen molar-refractivity contribution >= 4 is 24.2 Å². The van der Waals surface area contributed by atoms with Crippen LogP contribution in [0.25, 0.3) is 0 Å². The highest BCUT2D eigenvalue weighted by molar-refractivity contribution is 5.96. The Kier molecular flexibility index (Phi) is 7.19. The van der Waals surface area contributed by atoms with Gasteiger partial charge in [-0.25, -0.2) is 0 Å². The molecule has 1 aromatic carbocycles. The Morgan fingerprint density at radius 3 is 2.67 bits per heavy atom. The smallest absolute Gasteiger partial charge is 0.251 e. The molecule has 0 saturated carbocycles. The summed E-state index contributed by atoms with van der Waals surface area (Å²) < 4.78 is 0. The molecular formula is C15H22ClN3O2. The molecule has 1 aromatic rings. The van der Waals surface area contributed by atoms with Gasteiger partial charge in [0.2, 0.25) is 5.91 Å². The molecule has 21 heavy (non-hydrogen) atoms. The van der Waals surface area contributed by atoms with Crippen LogP contribution in [0.15, 0.2) is 30.3 Å². The fourth-order valence-electron chi connectivity index (χ4n) is 2.39. The van der Waals surface area contributed by atoms with Crippen LogP contribution >= 0.6 is 12.4 Å². The lowest BCUT2D eigenvalue weighted by atomic mass is 10.0. The molecule has 2 atom stereocenters. The largest absolute Gasteiger partial charge is 0.352 e. The van der Waals surface area contributed by atoms with Crippen molar-refractivity contribution in [1.82, 2.24) is 16.0 Å². The quantitative estimate of drug-likeness (QED) is 0.780. The maximum atomic E-state index is 11.8. The number of hydrogen-bond donors (Lipinski definition) is 3. The monoisotopic (exact) mass is 311 g/mol. The van der Waals surface area contributed by atoms with Gasteiger partial charge in [0, 0.05) is 17.6 Å². The SMILES string of the molecule is CC1CC(NC(=O)CNC(=O)c2ccccc2)CCN1.Cl. The zero-order valence-electron chi connectivity index (χ0n) is 12.1. The van der Waals surface area contributed by atoms with Crippen molar-refractivity contribution in [2.45, 2.75) is 31.8 Å². The summed E-state index contributed by atoms with van der Waals surface area (Å²) in [6.45, 7) is 3.05. The van der Waals surface area contributed by atoms with Gasteiger partial charge in [-0.2, -0.15) is 0 Å². The van der Waals surface area contributed by atoms with Crippen molar-refractivity contribution in [3.05, 3.63) is 35.9 Å². The van der Waals surface area contributed by atoms with Crippen molar-refractivity contribution in [3.63, 3.8) is 0 Å². The fourth-order valence-corrected chi connectivity index (χ4v) is 2.39. The lowest BCUT2D eigenvalue weighted by molar-refractivity contribution is -0.121. The summed E-state index contributed by atoms with van der Waals surface area (Å²) >= 11 is 0. The molecule has 6 heteroatoms. The number of halogens is 1. The molecule has 1 fully saturated rings. The first kappa shape index (κ1) is 17.5. The Bertz CT molecular complexity index is 467. The zero-order valence-corrected chi connectivity index (χ0v) is 12.9. The van der Waals surface area contributed by atoms with Crippen LogP contribution < -0.4 is 16.0 Å². The molecule has 0 bridgehead atoms. The molecule has 5 nitrogen and oxygen atoms in total. The molecular weight excluding hydrogens is 290 g/mol. The van der Waals surface area contributed by atoms with Gasteiger partial charge in [-0.1, -0.05) is 18.2 Å². The van der Waals surface area contributed by atoms with E-state index < -0.39 is 0 Å². The van der Waals surface area contributed by atoms with E-state index in [2.05, 4.69) is 22.9 Å². The van der Waals surface area contributed by atoms with E-state index in [4.69, 9.17) is 0 Å². The van der Waals surface area contributed by atoms with Crippen LogP contribution in [0.2, 0.25) is 0 Å². The number of carbonyl (C=O) groups is 2. The normalized spacial score (nSPS) is 21.0. The number of benzene rings is 1. The number of hydrogen-bond acceptors (Lipinski definition) is 3. The highest BCUT2D eigenvalue weighted by Crippen LogP contribution is 2.07. The van der Waals surface area contributed by atoms with Gasteiger partial charge < -0.3 is 16.0 Å². The minimum absolute atomic E-state index is 0. The van der Waals surface area contributed by atoms with Gasteiger partial charge in [0.15, 0.2) is 0 Å². The van der Waals surface area contributed by atoms with Crippen LogP contribution in [0.4, 0.5) is 0 Å². The topological polar surface area (TPSA) is 70.2 Å². The number of nitrogens with one attached hydrogen (secondary N) is 3. The molecule has 2 rings (SSSR count). The summed E-state index contributed by atoms with van der Waals surface area (Å²) in [5, 5.41) is 8.93. The van der Waals surface area contributed by atoms with E-state index >= 15 is 0 Å². The van der Waals surface area contributed by atoms with Gasteiger partial charge in [-0.05, 0) is 38.4 Å². The number of rotatable bonds is 4. The van der Waals surface area contributed by atoms with Crippen molar-refractivity contribution < 1.29 is 9.59 Å². The van der Waals surface area contributed by atoms with E-state index in [1.807, 2.05) is 6.07 Å². The average molecular weight is 312 g/mol. The van der Waals surface area contributed by atoms with Crippen LogP contribution in [0, 0.1) is 0 Å². The third-order valence-corrected chi connectivity index (χ3v) is 3.43. The lowest BCUT2D eigenvalue weighted by Crippen LogP contribution is -2.48. The maximum Gasteiger partial charge on any atom is 0.251 e. The average Bonchev–Trinajstić information content (AvgIpc) is 2.46. The molecule has 2 amide bonds. The van der Waals surface area contributed by atoms with Gasteiger partial charge in [0.05, 0.1) is 6.54 Å². The molecule has 1 heterocycles. The van der Waals surface area contributed by atoms with E-state index in [0.717, 1.165) is 19.4 Å². The minimum Gasteiger partial charge on any atom is -0.352 e. The van der Waals surface area contributed by atoms with E-state index in [0.29, 0.717) is 11.6 Å². The van der Waals surface area contributed by atoms with Gasteiger partial charge in [-0.15, -0.1) is 12.4 Å². The predicted molar refractivity (Wildman–Crippen MR) is 84.7 cm³/mol. The first-order valence-electron chi connectivity index (χ1n) is 7.01. The van der Waals surface area contributed by atoms with Crippen molar-refractivity contribution in [3.8, 4) is 0 Å². The van der Waals surface area contributed by atoms with E-state index in [1.165, 1.54) is 0 Å². The molecule has 0 aromatic heterocycles. The molecule has 1 saturated heterocycles. The Labute approximate surface area is 131 Å². The number of carbonyl (C=O) groups excluding carboxylic acids is 2. The van der Waals surface area contributed by atoms with Crippen LogP contribution in [-0.4, -0.2) is 37.0 Å². The fraction of sp³-hybridized carbons (Fsp3) is 0.467. The molecule has 0 radical (unpaired) electrons. The molecule has 1 aliphatic rings. The maximum absolute atomic E-state index is 11.8. The molecule has 1 aliphatic heterocycles. The lowest BCUT2D eigenvalue weighted by Gasteiger charge is -2.28. The van der Waals surface area contributed by atoms with E-state index in [1.54, 1.807) is 24.3 Å². The number of piperidine rings is 1. The Balaban J connectivity index is 0.00000220. The summed E-state index contributed by atoms with van der Waals surface area (Å²) in [7, 11) is 0. The summed E-state index contributed by atoms with van der Waals surface area (Å²) in [4.78, 5) is 23.6. The highest BCUT2D eigenvalue weighted by Gasteiger charge is 2.19. The Morgan fingerprint density at radius 2 is 2.00 bits per heavy atom. The second-order valence-electron chi connectivity index (χ2n) is 5.19. The zero-order chi connectivity index (χ0) is 14.4. The summed E-state index contributed by atoms with van der Waals surface area (Å²) in [6.07, 6.45) is 1.86. The first-order chi connectivity index (χ1) is 9.65. The van der Waals surface area contributed by atoms with Gasteiger partial charge in [0.1, 0.15) is 0 Å². The molecule has 2 unspecified atom stereocenters. The summed E-state index contributed by atoms with van der Waals surface area (Å²) in [5.74, 6) is -0.354. The van der Waals surface area contributed by atoms with Crippen LogP contribution in [0.5, 0.6) is 0 Å². The second-order valence-corrected chi connectivity index (χ2v) is 5.19. The van der Waals surface area contributed by atoms with Crippen LogP contribution in [0.3, 0.4) is 0 Å². The second kappa shape index (κ2) is 8.64. The van der Waals surface area contributed by atoms with Crippen molar-refractivity contribution in [2.24, 2.45) is 0 Å². The van der Waals surface area contributed by atoms with Gasteiger partial charge in [0.25, 0.3) is 5.91 Å². The summed E-state index contributed by atoms with van der Waals surface area (Å²) in [5.41, 5.74) is 0.566. The Morgan fingerprint density at radius 1 is 1.29 bits per heavy atom. The molecule has 0 spiro atoms. The van der Waals surface area contributed by atoms with E-state index in [9.17, 15) is 9.59 Å². The van der Waals surface area contributed by atoms with Crippen molar-refractivity contribution in [2.75, 3.05) is 13.1 Å². The number of amides is 2. The van der Waals surface area contributed by atoms with Crippen LogP contribution in [-0.2, 0) is 4.79 Å². The minimum atomic E-state index is -0.223. The van der Waals surface area contributed by atoms with Gasteiger partial charge >= 0.3 is 0 Å². The predicted octanol–water partition coefficient (Wildman–Crippen LogP) is 1.09. The molecule has 3 N–H and O–H groups in total. The molecule has 0 aliphatic carbocycles. The van der Waals surface area contributed by atoms with Crippen LogP contribution in [0.1, 0.15) is 30.1 Å². The van der Waals surface area contributed by atoms with Gasteiger partial charge in [-0.3, -0.25) is 9.59 Å².